The van der Waals surface area contributed by atoms with Crippen molar-refractivity contribution in [3.8, 4) is 6.19 Å². The van der Waals surface area contributed by atoms with E-state index in [1.54, 1.807) is 4.57 Å². The van der Waals surface area contributed by atoms with Crippen LogP contribution in [0.3, 0.4) is 0 Å². The Balaban J connectivity index is 1.98. The van der Waals surface area contributed by atoms with E-state index < -0.39 is 0 Å². The van der Waals surface area contributed by atoms with E-state index >= 15 is 0 Å². The van der Waals surface area contributed by atoms with Crippen LogP contribution in [0.2, 0.25) is 0 Å². The van der Waals surface area contributed by atoms with Gasteiger partial charge >= 0.3 is 0 Å². The summed E-state index contributed by atoms with van der Waals surface area (Å²) in [6, 6.07) is 8.30. The Morgan fingerprint density at radius 3 is 2.90 bits per heavy atom. The fourth-order valence-electron chi connectivity index (χ4n) is 3.78. The first kappa shape index (κ1) is 14.2. The summed E-state index contributed by atoms with van der Waals surface area (Å²) in [7, 11) is 2.20. The minimum Gasteiger partial charge on any atom is -0.306 e. The zero-order chi connectivity index (χ0) is 14.8. The van der Waals surface area contributed by atoms with E-state index in [2.05, 4.69) is 43.4 Å². The van der Waals surface area contributed by atoms with E-state index in [1.807, 2.05) is 12.1 Å². The predicted molar refractivity (Wildman–Crippen MR) is 86.2 cm³/mol. The number of rotatable bonds is 4. The van der Waals surface area contributed by atoms with Crippen LogP contribution < -0.4 is 0 Å². The van der Waals surface area contributed by atoms with Gasteiger partial charge in [0.2, 0.25) is 0 Å². The summed E-state index contributed by atoms with van der Waals surface area (Å²) < 4.78 is 1.73. The highest BCUT2D eigenvalue weighted by Gasteiger charge is 2.31. The molecule has 1 saturated carbocycles. The monoisotopic (exact) mass is 281 g/mol. The molecule has 0 saturated heterocycles. The van der Waals surface area contributed by atoms with Crippen LogP contribution in [0.15, 0.2) is 30.5 Å². The maximum absolute atomic E-state index is 9.35. The summed E-state index contributed by atoms with van der Waals surface area (Å²) in [6.45, 7) is 4.47. The van der Waals surface area contributed by atoms with Crippen molar-refractivity contribution >= 4 is 10.9 Å². The highest BCUT2D eigenvalue weighted by Crippen LogP contribution is 2.43. The van der Waals surface area contributed by atoms with Gasteiger partial charge in [-0.3, -0.25) is 4.57 Å². The molecule has 0 N–H and O–H groups in total. The lowest BCUT2D eigenvalue weighted by atomic mass is 9.88. The molecule has 3 rings (SSSR count). The third-order valence-corrected chi connectivity index (χ3v) is 5.00. The Bertz CT molecular complexity index is 665. The molecule has 1 aliphatic rings. The maximum atomic E-state index is 9.35. The molecule has 0 amide bonds. The van der Waals surface area contributed by atoms with Crippen LogP contribution in [0.4, 0.5) is 0 Å². The summed E-state index contributed by atoms with van der Waals surface area (Å²) in [6.07, 6.45) is 8.22. The zero-order valence-electron chi connectivity index (χ0n) is 12.9. The molecule has 1 aliphatic carbocycles. The molecule has 1 fully saturated rings. The summed E-state index contributed by atoms with van der Waals surface area (Å²) in [5.41, 5.74) is 2.42. The fraction of sp³-hybridized carbons (Fsp3) is 0.500. The SMILES string of the molecule is CCN(C)C[C@@H]1CCC[C@H]1c1cn(C#N)c2ccccc12. The molecule has 0 radical (unpaired) electrons. The maximum Gasteiger partial charge on any atom is 0.188 e. The predicted octanol–water partition coefficient (Wildman–Crippen LogP) is 3.81. The molecular formula is C18H23N3. The first-order chi connectivity index (χ1) is 10.2. The van der Waals surface area contributed by atoms with Gasteiger partial charge in [0.1, 0.15) is 0 Å². The topological polar surface area (TPSA) is 32.0 Å². The lowest BCUT2D eigenvalue weighted by molar-refractivity contribution is 0.277. The van der Waals surface area contributed by atoms with E-state index in [0.717, 1.165) is 18.6 Å². The van der Waals surface area contributed by atoms with Gasteiger partial charge < -0.3 is 4.90 Å². The number of nitrogens with zero attached hydrogens (tertiary/aromatic N) is 3. The number of benzene rings is 1. The van der Waals surface area contributed by atoms with Gasteiger partial charge in [-0.05, 0) is 49.9 Å². The lowest BCUT2D eigenvalue weighted by Gasteiger charge is -2.24. The summed E-state index contributed by atoms with van der Waals surface area (Å²) >= 11 is 0. The number of hydrogen-bond acceptors (Lipinski definition) is 2. The van der Waals surface area contributed by atoms with E-state index in [1.165, 1.54) is 30.2 Å². The van der Waals surface area contributed by atoms with Crippen LogP contribution in [0.1, 0.15) is 37.7 Å². The smallest absolute Gasteiger partial charge is 0.188 e. The molecule has 2 atom stereocenters. The van der Waals surface area contributed by atoms with Gasteiger partial charge in [0.25, 0.3) is 0 Å². The van der Waals surface area contributed by atoms with Crippen LogP contribution in [0, 0.1) is 17.4 Å². The Kier molecular flexibility index (Phi) is 3.98. The molecule has 3 heteroatoms. The number of hydrogen-bond donors (Lipinski definition) is 0. The Labute approximate surface area is 126 Å². The summed E-state index contributed by atoms with van der Waals surface area (Å²) in [5.74, 6) is 1.31. The minimum atomic E-state index is 0.596. The largest absolute Gasteiger partial charge is 0.306 e. The van der Waals surface area contributed by atoms with Crippen molar-refractivity contribution < 1.29 is 0 Å². The first-order valence-corrected chi connectivity index (χ1v) is 7.93. The molecule has 0 unspecified atom stereocenters. The van der Waals surface area contributed by atoms with Crippen molar-refractivity contribution in [2.24, 2.45) is 5.92 Å². The molecule has 1 aromatic carbocycles. The van der Waals surface area contributed by atoms with Gasteiger partial charge in [-0.1, -0.05) is 31.5 Å². The van der Waals surface area contributed by atoms with E-state index in [9.17, 15) is 5.26 Å². The molecule has 0 bridgehead atoms. The fourth-order valence-corrected chi connectivity index (χ4v) is 3.78. The molecule has 2 aromatic rings. The second kappa shape index (κ2) is 5.91. The van der Waals surface area contributed by atoms with Gasteiger partial charge in [-0.2, -0.15) is 5.26 Å². The van der Waals surface area contributed by atoms with Gasteiger partial charge in [0.15, 0.2) is 6.19 Å². The van der Waals surface area contributed by atoms with Gasteiger partial charge in [0, 0.05) is 18.1 Å². The number of para-hydroxylation sites is 1. The van der Waals surface area contributed by atoms with Crippen molar-refractivity contribution in [3.63, 3.8) is 0 Å². The Hall–Kier alpha value is -1.79. The quantitative estimate of drug-likeness (QED) is 0.853. The minimum absolute atomic E-state index is 0.596. The Morgan fingerprint density at radius 1 is 1.33 bits per heavy atom. The number of nitriles is 1. The summed E-state index contributed by atoms with van der Waals surface area (Å²) in [4.78, 5) is 2.41. The third kappa shape index (κ3) is 2.56. The normalized spacial score (nSPS) is 22.0. The highest BCUT2D eigenvalue weighted by molar-refractivity contribution is 5.85. The second-order valence-corrected chi connectivity index (χ2v) is 6.22. The van der Waals surface area contributed by atoms with Crippen LogP contribution in [0.25, 0.3) is 10.9 Å². The van der Waals surface area contributed by atoms with Crippen LogP contribution in [-0.4, -0.2) is 29.6 Å². The first-order valence-electron chi connectivity index (χ1n) is 7.93. The molecule has 1 heterocycles. The van der Waals surface area contributed by atoms with Crippen molar-refractivity contribution in [2.45, 2.75) is 32.1 Å². The zero-order valence-corrected chi connectivity index (χ0v) is 12.9. The van der Waals surface area contributed by atoms with Crippen LogP contribution >= 0.6 is 0 Å². The standard InChI is InChI=1S/C18H23N3/c1-3-20(2)11-14-7-6-9-15(14)17-12-21(13-19)18-10-5-4-8-16(17)18/h4-5,8,10,12,14-15H,3,6-7,9,11H2,1-2H3/t14-,15+/m0/s1. The average molecular weight is 281 g/mol. The van der Waals surface area contributed by atoms with Crippen molar-refractivity contribution in [2.75, 3.05) is 20.1 Å². The Morgan fingerprint density at radius 2 is 2.14 bits per heavy atom. The molecule has 0 spiro atoms. The second-order valence-electron chi connectivity index (χ2n) is 6.22. The number of fused-ring (bicyclic) bond motifs is 1. The average Bonchev–Trinajstić information content (AvgIpc) is 3.10. The molecule has 1 aromatic heterocycles. The van der Waals surface area contributed by atoms with E-state index in [-0.39, 0.29) is 0 Å². The van der Waals surface area contributed by atoms with Gasteiger partial charge in [0.05, 0.1) is 5.52 Å². The lowest BCUT2D eigenvalue weighted by Crippen LogP contribution is -2.26. The third-order valence-electron chi connectivity index (χ3n) is 5.00. The van der Waals surface area contributed by atoms with Crippen molar-refractivity contribution in [1.82, 2.24) is 9.47 Å². The number of aromatic nitrogens is 1. The molecule has 110 valence electrons. The van der Waals surface area contributed by atoms with E-state index in [4.69, 9.17) is 0 Å². The molecule has 21 heavy (non-hydrogen) atoms. The molecular weight excluding hydrogens is 258 g/mol. The summed E-state index contributed by atoms with van der Waals surface area (Å²) in [5, 5.41) is 10.6. The van der Waals surface area contributed by atoms with Gasteiger partial charge in [-0.25, -0.2) is 0 Å². The molecule has 0 aliphatic heterocycles. The van der Waals surface area contributed by atoms with Crippen molar-refractivity contribution in [1.29, 1.82) is 5.26 Å². The van der Waals surface area contributed by atoms with Gasteiger partial charge in [-0.15, -0.1) is 0 Å². The highest BCUT2D eigenvalue weighted by atomic mass is 15.1. The van der Waals surface area contributed by atoms with E-state index in [0.29, 0.717) is 11.8 Å². The van der Waals surface area contributed by atoms with Crippen LogP contribution in [-0.2, 0) is 0 Å². The van der Waals surface area contributed by atoms with Crippen molar-refractivity contribution in [3.05, 3.63) is 36.0 Å². The molecule has 3 nitrogen and oxygen atoms in total. The van der Waals surface area contributed by atoms with Crippen LogP contribution in [0.5, 0.6) is 0 Å².